The first-order valence-electron chi connectivity index (χ1n) is 2.28. The van der Waals surface area contributed by atoms with Gasteiger partial charge in [0.1, 0.15) is 0 Å². The van der Waals surface area contributed by atoms with Gasteiger partial charge in [-0.2, -0.15) is 5.26 Å². The van der Waals surface area contributed by atoms with Crippen molar-refractivity contribution < 1.29 is 0 Å². The normalized spacial score (nSPS) is 12.7. The van der Waals surface area contributed by atoms with E-state index in [9.17, 15) is 0 Å². The summed E-state index contributed by atoms with van der Waals surface area (Å²) in [5, 5.41) is 8.16. The summed E-state index contributed by atoms with van der Waals surface area (Å²) in [7, 11) is 0. The fraction of sp³-hybridized carbons (Fsp3) is 0.800. The third-order valence-corrected chi connectivity index (χ3v) is 0.872. The van der Waals surface area contributed by atoms with Crippen molar-refractivity contribution in [3.63, 3.8) is 0 Å². The average molecular weight is 118 g/mol. The van der Waals surface area contributed by atoms with Crippen molar-refractivity contribution in [1.82, 2.24) is 0 Å². The zero-order chi connectivity index (χ0) is 5.70. The van der Waals surface area contributed by atoms with Crippen LogP contribution in [0.25, 0.3) is 0 Å². The van der Waals surface area contributed by atoms with Crippen LogP contribution in [0.4, 0.5) is 0 Å². The van der Waals surface area contributed by atoms with Crippen LogP contribution in [0.2, 0.25) is 0 Å². The van der Waals surface area contributed by atoms with Gasteiger partial charge in [-0.15, -0.1) is 11.6 Å². The van der Waals surface area contributed by atoms with E-state index in [2.05, 4.69) is 0 Å². The van der Waals surface area contributed by atoms with E-state index in [0.717, 1.165) is 6.42 Å². The van der Waals surface area contributed by atoms with Crippen LogP contribution in [0.5, 0.6) is 0 Å². The van der Waals surface area contributed by atoms with Crippen molar-refractivity contribution in [2.75, 3.05) is 0 Å². The Morgan fingerprint density at radius 2 is 2.43 bits per heavy atom. The van der Waals surface area contributed by atoms with Gasteiger partial charge < -0.3 is 0 Å². The summed E-state index contributed by atoms with van der Waals surface area (Å²) >= 11 is 5.51. The second kappa shape index (κ2) is 3.95. The van der Waals surface area contributed by atoms with Crippen molar-refractivity contribution in [3.8, 4) is 6.07 Å². The molecule has 0 fully saturated rings. The SMILES string of the molecule is CC(Cl)CCC#N. The molecule has 0 amide bonds. The molecular formula is C5H8ClN. The van der Waals surface area contributed by atoms with Crippen LogP contribution in [-0.2, 0) is 0 Å². The third kappa shape index (κ3) is 5.78. The lowest BCUT2D eigenvalue weighted by Gasteiger charge is -1.91. The predicted molar refractivity (Wildman–Crippen MR) is 30.2 cm³/mol. The van der Waals surface area contributed by atoms with Gasteiger partial charge in [-0.25, -0.2) is 0 Å². The summed E-state index contributed by atoms with van der Waals surface area (Å²) in [4.78, 5) is 0. The van der Waals surface area contributed by atoms with E-state index in [1.807, 2.05) is 13.0 Å². The first-order valence-corrected chi connectivity index (χ1v) is 2.72. The fourth-order valence-corrected chi connectivity index (χ4v) is 0.373. The Morgan fingerprint density at radius 1 is 1.86 bits per heavy atom. The molecule has 0 bridgehead atoms. The third-order valence-electron chi connectivity index (χ3n) is 0.654. The summed E-state index contributed by atoms with van der Waals surface area (Å²) < 4.78 is 0. The summed E-state index contributed by atoms with van der Waals surface area (Å²) in [6.07, 6.45) is 1.38. The minimum Gasteiger partial charge on any atom is -0.198 e. The Hall–Kier alpha value is -0.220. The molecule has 0 saturated heterocycles. The summed E-state index contributed by atoms with van der Waals surface area (Å²) in [6.45, 7) is 1.89. The number of nitrogens with zero attached hydrogens (tertiary/aromatic N) is 1. The van der Waals surface area contributed by atoms with Crippen LogP contribution in [0.1, 0.15) is 19.8 Å². The Morgan fingerprint density at radius 3 is 2.57 bits per heavy atom. The second-order valence-electron chi connectivity index (χ2n) is 1.48. The van der Waals surface area contributed by atoms with E-state index in [1.54, 1.807) is 0 Å². The highest BCUT2D eigenvalue weighted by atomic mass is 35.5. The quantitative estimate of drug-likeness (QED) is 0.507. The standard InChI is InChI=1S/C5H8ClN/c1-5(6)3-2-4-7/h5H,2-3H2,1H3. The van der Waals surface area contributed by atoms with E-state index < -0.39 is 0 Å². The van der Waals surface area contributed by atoms with Crippen LogP contribution < -0.4 is 0 Å². The molecule has 1 nitrogen and oxygen atoms in total. The van der Waals surface area contributed by atoms with Crippen LogP contribution >= 0.6 is 11.6 Å². The number of hydrogen-bond donors (Lipinski definition) is 0. The molecular weight excluding hydrogens is 110 g/mol. The second-order valence-corrected chi connectivity index (χ2v) is 2.22. The fourth-order valence-electron chi connectivity index (χ4n) is 0.263. The molecule has 0 radical (unpaired) electrons. The van der Waals surface area contributed by atoms with E-state index in [0.29, 0.717) is 6.42 Å². The van der Waals surface area contributed by atoms with Crippen LogP contribution in [0, 0.1) is 11.3 Å². The van der Waals surface area contributed by atoms with E-state index in [4.69, 9.17) is 16.9 Å². The first-order chi connectivity index (χ1) is 3.27. The molecule has 7 heavy (non-hydrogen) atoms. The molecule has 2 heteroatoms. The molecule has 0 aliphatic rings. The number of rotatable bonds is 2. The van der Waals surface area contributed by atoms with Gasteiger partial charge in [0.15, 0.2) is 0 Å². The molecule has 0 aliphatic heterocycles. The molecule has 0 heterocycles. The molecule has 0 aliphatic carbocycles. The topological polar surface area (TPSA) is 23.8 Å². The molecule has 0 saturated carbocycles. The van der Waals surface area contributed by atoms with Gasteiger partial charge >= 0.3 is 0 Å². The van der Waals surface area contributed by atoms with Gasteiger partial charge in [0.25, 0.3) is 0 Å². The molecule has 40 valence electrons. The van der Waals surface area contributed by atoms with E-state index in [1.165, 1.54) is 0 Å². The Balaban J connectivity index is 2.86. The van der Waals surface area contributed by atoms with Crippen molar-refractivity contribution in [1.29, 1.82) is 5.26 Å². The van der Waals surface area contributed by atoms with E-state index in [-0.39, 0.29) is 5.38 Å². The lowest BCUT2D eigenvalue weighted by atomic mass is 10.3. The highest BCUT2D eigenvalue weighted by Gasteiger charge is 1.91. The lowest BCUT2D eigenvalue weighted by molar-refractivity contribution is 0.830. The van der Waals surface area contributed by atoms with Crippen molar-refractivity contribution >= 4 is 11.6 Å². The van der Waals surface area contributed by atoms with Gasteiger partial charge in [-0.1, -0.05) is 0 Å². The monoisotopic (exact) mass is 117 g/mol. The van der Waals surface area contributed by atoms with Gasteiger partial charge in [-0.05, 0) is 13.3 Å². The number of alkyl halides is 1. The largest absolute Gasteiger partial charge is 0.198 e. The highest BCUT2D eigenvalue weighted by Crippen LogP contribution is 2.01. The molecule has 0 aromatic rings. The van der Waals surface area contributed by atoms with Gasteiger partial charge in [-0.3, -0.25) is 0 Å². The van der Waals surface area contributed by atoms with Crippen molar-refractivity contribution in [3.05, 3.63) is 0 Å². The molecule has 0 spiro atoms. The maximum absolute atomic E-state index is 8.01. The highest BCUT2D eigenvalue weighted by molar-refractivity contribution is 6.20. The zero-order valence-corrected chi connectivity index (χ0v) is 5.07. The zero-order valence-electron chi connectivity index (χ0n) is 4.32. The predicted octanol–water partition coefficient (Wildman–Crippen LogP) is 1.92. The maximum Gasteiger partial charge on any atom is 0.0622 e. The summed E-state index contributed by atoms with van der Waals surface area (Å²) in [5.74, 6) is 0. The summed E-state index contributed by atoms with van der Waals surface area (Å²) in [5.41, 5.74) is 0. The summed E-state index contributed by atoms with van der Waals surface area (Å²) in [6, 6.07) is 2.01. The molecule has 0 aromatic heterocycles. The minimum atomic E-state index is 0.152. The molecule has 1 unspecified atom stereocenters. The smallest absolute Gasteiger partial charge is 0.0622 e. The van der Waals surface area contributed by atoms with Gasteiger partial charge in [0.05, 0.1) is 6.07 Å². The van der Waals surface area contributed by atoms with Crippen molar-refractivity contribution in [2.24, 2.45) is 0 Å². The van der Waals surface area contributed by atoms with Gasteiger partial charge in [0.2, 0.25) is 0 Å². The Bertz CT molecular complexity index is 72.6. The molecule has 0 N–H and O–H groups in total. The minimum absolute atomic E-state index is 0.152. The number of nitriles is 1. The van der Waals surface area contributed by atoms with E-state index >= 15 is 0 Å². The maximum atomic E-state index is 8.01. The lowest BCUT2D eigenvalue weighted by Crippen LogP contribution is -1.86. The molecule has 1 atom stereocenters. The molecule has 0 rings (SSSR count). The number of halogens is 1. The Labute approximate surface area is 48.9 Å². The first kappa shape index (κ1) is 6.78. The molecule has 0 aromatic carbocycles. The Kier molecular flexibility index (Phi) is 3.83. The van der Waals surface area contributed by atoms with Crippen molar-refractivity contribution in [2.45, 2.75) is 25.1 Å². The average Bonchev–Trinajstić information content (AvgIpc) is 1.61. The van der Waals surface area contributed by atoms with Crippen LogP contribution in [0.15, 0.2) is 0 Å². The number of hydrogen-bond acceptors (Lipinski definition) is 1. The van der Waals surface area contributed by atoms with Crippen LogP contribution in [0.3, 0.4) is 0 Å². The van der Waals surface area contributed by atoms with Gasteiger partial charge in [0, 0.05) is 11.8 Å². The van der Waals surface area contributed by atoms with Crippen LogP contribution in [-0.4, -0.2) is 5.38 Å².